The lowest BCUT2D eigenvalue weighted by Gasteiger charge is -2.37. The molecule has 0 saturated carbocycles. The van der Waals surface area contributed by atoms with Gasteiger partial charge in [-0.3, -0.25) is 19.7 Å². The van der Waals surface area contributed by atoms with Crippen molar-refractivity contribution < 1.29 is 9.90 Å². The van der Waals surface area contributed by atoms with Gasteiger partial charge in [0.15, 0.2) is 5.78 Å². The Morgan fingerprint density at radius 2 is 2.14 bits per heavy atom. The maximum atomic E-state index is 12.4. The number of aliphatic hydroxyl groups excluding tert-OH is 1. The average Bonchev–Trinajstić information content (AvgIpc) is 2.76. The van der Waals surface area contributed by atoms with Crippen LogP contribution < -0.4 is 11.5 Å². The minimum absolute atomic E-state index is 0.0647. The molecule has 0 bridgehead atoms. The Bertz CT molecular complexity index is 953. The van der Waals surface area contributed by atoms with E-state index in [1.54, 1.807) is 31.6 Å². The third kappa shape index (κ3) is 4.59. The van der Waals surface area contributed by atoms with Crippen LogP contribution in [-0.2, 0) is 6.54 Å². The van der Waals surface area contributed by atoms with Crippen LogP contribution in [0.5, 0.6) is 0 Å². The molecule has 2 aromatic rings. The molecular formula is C22H25N5O2. The summed E-state index contributed by atoms with van der Waals surface area (Å²) in [6, 6.07) is 11.3. The van der Waals surface area contributed by atoms with Crippen molar-refractivity contribution in [2.24, 2.45) is 16.5 Å². The Labute approximate surface area is 170 Å². The summed E-state index contributed by atoms with van der Waals surface area (Å²) in [5.74, 6) is -0.366. The fourth-order valence-corrected chi connectivity index (χ4v) is 3.53. The number of pyridine rings is 1. The van der Waals surface area contributed by atoms with E-state index in [4.69, 9.17) is 11.5 Å². The predicted molar refractivity (Wildman–Crippen MR) is 113 cm³/mol. The Hall–Kier alpha value is -3.29. The van der Waals surface area contributed by atoms with Crippen molar-refractivity contribution >= 4 is 12.0 Å². The molecule has 0 aliphatic carbocycles. The van der Waals surface area contributed by atoms with E-state index in [1.807, 2.05) is 23.1 Å². The van der Waals surface area contributed by atoms with Crippen LogP contribution in [-0.4, -0.2) is 46.8 Å². The Balaban J connectivity index is 1.87. The molecule has 2 heterocycles. The summed E-state index contributed by atoms with van der Waals surface area (Å²) in [5, 5.41) is 10.8. The number of aliphatic imine (C=N–C) groups is 1. The van der Waals surface area contributed by atoms with E-state index in [1.165, 1.54) is 18.5 Å². The maximum absolute atomic E-state index is 12.4. The van der Waals surface area contributed by atoms with Gasteiger partial charge in [-0.05, 0) is 35.0 Å². The topological polar surface area (TPSA) is 118 Å². The molecule has 0 spiro atoms. The minimum atomic E-state index is -1.11. The van der Waals surface area contributed by atoms with E-state index < -0.39 is 6.23 Å². The normalized spacial score (nSPS) is 19.2. The first kappa shape index (κ1) is 20.4. The van der Waals surface area contributed by atoms with Crippen LogP contribution in [0.3, 0.4) is 0 Å². The summed E-state index contributed by atoms with van der Waals surface area (Å²) in [7, 11) is 1.69. The number of allylic oxidation sites excluding steroid dienone is 1. The summed E-state index contributed by atoms with van der Waals surface area (Å²) in [6.07, 6.45) is 6.46. The molecule has 1 aromatic heterocycles. The first-order valence-electron chi connectivity index (χ1n) is 9.30. The third-order valence-electron chi connectivity index (χ3n) is 4.98. The van der Waals surface area contributed by atoms with E-state index >= 15 is 0 Å². The SMILES string of the molecule is CN=C/C(=C\N)C1CN(C(O)/C(N)=C/C(=O)c2cccnc2)Cc2ccccc21. The molecule has 150 valence electrons. The number of rotatable bonds is 6. The Kier molecular flexibility index (Phi) is 6.54. The van der Waals surface area contributed by atoms with E-state index in [0.717, 1.165) is 16.7 Å². The Morgan fingerprint density at radius 3 is 2.83 bits per heavy atom. The molecule has 7 nitrogen and oxygen atoms in total. The standard InChI is InChI=1S/C22H25N5O2/c1-25-11-17(10-23)19-14-27(13-16-5-2-3-7-18(16)19)22(29)20(24)9-21(28)15-6-4-8-26-12-15/h2-12,19,22,29H,13-14,23-24H2,1H3/b17-10+,20-9-,25-11?. The lowest BCUT2D eigenvalue weighted by Crippen LogP contribution is -2.44. The molecule has 5 N–H and O–H groups in total. The smallest absolute Gasteiger partial charge is 0.189 e. The highest BCUT2D eigenvalue weighted by Crippen LogP contribution is 2.33. The van der Waals surface area contributed by atoms with Crippen LogP contribution in [0.15, 0.2) is 77.3 Å². The van der Waals surface area contributed by atoms with Gasteiger partial charge < -0.3 is 16.6 Å². The summed E-state index contributed by atoms with van der Waals surface area (Å²) >= 11 is 0. The molecule has 3 rings (SSSR count). The predicted octanol–water partition coefficient (Wildman–Crippen LogP) is 1.57. The molecule has 7 heteroatoms. The molecule has 2 unspecified atom stereocenters. The quantitative estimate of drug-likeness (QED) is 0.391. The number of carbonyl (C=O) groups is 1. The van der Waals surface area contributed by atoms with E-state index in [9.17, 15) is 9.90 Å². The number of aliphatic hydroxyl groups is 1. The van der Waals surface area contributed by atoms with Gasteiger partial charge in [-0.2, -0.15) is 0 Å². The van der Waals surface area contributed by atoms with Crippen LogP contribution in [0.1, 0.15) is 27.4 Å². The molecule has 29 heavy (non-hydrogen) atoms. The Morgan fingerprint density at radius 1 is 1.34 bits per heavy atom. The molecule has 0 saturated heterocycles. The number of benzene rings is 1. The molecule has 0 radical (unpaired) electrons. The highest BCUT2D eigenvalue weighted by atomic mass is 16.3. The van der Waals surface area contributed by atoms with Crippen molar-refractivity contribution in [2.75, 3.05) is 13.6 Å². The lowest BCUT2D eigenvalue weighted by molar-refractivity contribution is 0.0177. The summed E-state index contributed by atoms with van der Waals surface area (Å²) in [5.41, 5.74) is 15.5. The number of nitrogens with zero attached hydrogens (tertiary/aromatic N) is 3. The number of hydrogen-bond donors (Lipinski definition) is 3. The molecule has 2 atom stereocenters. The van der Waals surface area contributed by atoms with Gasteiger partial charge >= 0.3 is 0 Å². The van der Waals surface area contributed by atoms with Gasteiger partial charge in [0.05, 0.1) is 5.70 Å². The van der Waals surface area contributed by atoms with Gasteiger partial charge in [-0.15, -0.1) is 0 Å². The van der Waals surface area contributed by atoms with E-state index in [0.29, 0.717) is 18.7 Å². The number of carbonyl (C=O) groups excluding carboxylic acids is 1. The minimum Gasteiger partial charge on any atom is -0.404 e. The number of nitrogens with two attached hydrogens (primary N) is 2. The molecular weight excluding hydrogens is 366 g/mol. The van der Waals surface area contributed by atoms with Crippen molar-refractivity contribution in [1.29, 1.82) is 0 Å². The van der Waals surface area contributed by atoms with Crippen molar-refractivity contribution in [3.05, 3.63) is 89.0 Å². The first-order chi connectivity index (χ1) is 14.0. The number of hydrogen-bond acceptors (Lipinski definition) is 7. The van der Waals surface area contributed by atoms with Gasteiger partial charge in [0.2, 0.25) is 0 Å². The van der Waals surface area contributed by atoms with Gasteiger partial charge in [0, 0.05) is 56.3 Å². The zero-order valence-electron chi connectivity index (χ0n) is 16.3. The molecule has 1 aliphatic rings. The van der Waals surface area contributed by atoms with Crippen LogP contribution in [0.2, 0.25) is 0 Å². The number of ketones is 1. The average molecular weight is 391 g/mol. The van der Waals surface area contributed by atoms with Crippen LogP contribution >= 0.6 is 0 Å². The van der Waals surface area contributed by atoms with E-state index in [2.05, 4.69) is 16.0 Å². The van der Waals surface area contributed by atoms with Crippen molar-refractivity contribution in [3.63, 3.8) is 0 Å². The highest BCUT2D eigenvalue weighted by molar-refractivity contribution is 6.04. The van der Waals surface area contributed by atoms with Crippen molar-refractivity contribution in [3.8, 4) is 0 Å². The lowest BCUT2D eigenvalue weighted by atomic mass is 9.84. The molecule has 0 fully saturated rings. The first-order valence-corrected chi connectivity index (χ1v) is 9.30. The summed E-state index contributed by atoms with van der Waals surface area (Å²) < 4.78 is 0. The fraction of sp³-hybridized carbons (Fsp3) is 0.227. The van der Waals surface area contributed by atoms with Crippen LogP contribution in [0.25, 0.3) is 0 Å². The van der Waals surface area contributed by atoms with Gasteiger partial charge in [0.1, 0.15) is 6.23 Å². The van der Waals surface area contributed by atoms with Crippen LogP contribution in [0.4, 0.5) is 0 Å². The monoisotopic (exact) mass is 391 g/mol. The van der Waals surface area contributed by atoms with Crippen molar-refractivity contribution in [2.45, 2.75) is 18.7 Å². The second-order valence-electron chi connectivity index (χ2n) is 6.86. The summed E-state index contributed by atoms with van der Waals surface area (Å²) in [6.45, 7) is 0.993. The second kappa shape index (κ2) is 9.27. The number of aromatic nitrogens is 1. The van der Waals surface area contributed by atoms with Gasteiger partial charge in [-0.25, -0.2) is 0 Å². The highest BCUT2D eigenvalue weighted by Gasteiger charge is 2.31. The molecule has 1 aromatic carbocycles. The second-order valence-corrected chi connectivity index (χ2v) is 6.86. The third-order valence-corrected chi connectivity index (χ3v) is 4.98. The van der Waals surface area contributed by atoms with Crippen LogP contribution in [0, 0.1) is 0 Å². The van der Waals surface area contributed by atoms with Gasteiger partial charge in [-0.1, -0.05) is 24.3 Å². The largest absolute Gasteiger partial charge is 0.404 e. The zero-order chi connectivity index (χ0) is 20.8. The number of fused-ring (bicyclic) bond motifs is 1. The molecule has 1 aliphatic heterocycles. The summed E-state index contributed by atoms with van der Waals surface area (Å²) in [4.78, 5) is 22.2. The maximum Gasteiger partial charge on any atom is 0.189 e. The fourth-order valence-electron chi connectivity index (χ4n) is 3.53. The van der Waals surface area contributed by atoms with Gasteiger partial charge in [0.25, 0.3) is 0 Å². The van der Waals surface area contributed by atoms with E-state index in [-0.39, 0.29) is 17.4 Å². The van der Waals surface area contributed by atoms with Crippen molar-refractivity contribution in [1.82, 2.24) is 9.88 Å². The zero-order valence-corrected chi connectivity index (χ0v) is 16.3. The molecule has 0 amide bonds.